The molecule has 2 atom stereocenters. The van der Waals surface area contributed by atoms with E-state index in [2.05, 4.69) is 5.32 Å². The van der Waals surface area contributed by atoms with Gasteiger partial charge in [0.2, 0.25) is 0 Å². The summed E-state index contributed by atoms with van der Waals surface area (Å²) < 4.78 is 33.0. The molecule has 4 heterocycles. The van der Waals surface area contributed by atoms with Crippen molar-refractivity contribution in [1.29, 1.82) is 0 Å². The summed E-state index contributed by atoms with van der Waals surface area (Å²) >= 11 is 0. The quantitative estimate of drug-likeness (QED) is 0.564. The van der Waals surface area contributed by atoms with Gasteiger partial charge in [0.1, 0.15) is 25.1 Å². The Morgan fingerprint density at radius 3 is 2.71 bits per heavy atom. The van der Waals surface area contributed by atoms with Crippen molar-refractivity contribution in [3.63, 3.8) is 0 Å². The minimum absolute atomic E-state index is 0.112. The first kappa shape index (κ1) is 21.0. The molecule has 3 aliphatic rings. The fourth-order valence-electron chi connectivity index (χ4n) is 5.07. The highest BCUT2D eigenvalue weighted by molar-refractivity contribution is 5.90. The standard InChI is InChI=1S/C25H24FN3O5/c26-19-4-1-15-2-6-22(30)29-13-16(23(19)24(15)29)12-27-8-7-18-14-28(25(31)34-18)17-3-5-20-21(11-17)33-10-9-32-20/h1-6,11,16,18,27H,7-10,12-14H2/t16?,18-/m1/s1. The molecule has 1 saturated heterocycles. The number of halogens is 1. The van der Waals surface area contributed by atoms with Gasteiger partial charge in [-0.3, -0.25) is 9.69 Å². The van der Waals surface area contributed by atoms with Crippen molar-refractivity contribution < 1.29 is 23.4 Å². The van der Waals surface area contributed by atoms with Crippen LogP contribution in [0.2, 0.25) is 0 Å². The van der Waals surface area contributed by atoms with E-state index in [0.717, 1.165) is 5.39 Å². The predicted molar refractivity (Wildman–Crippen MR) is 123 cm³/mol. The molecule has 0 bridgehead atoms. The molecular weight excluding hydrogens is 441 g/mol. The lowest BCUT2D eigenvalue weighted by molar-refractivity contribution is 0.136. The molecule has 1 unspecified atom stereocenters. The summed E-state index contributed by atoms with van der Waals surface area (Å²) in [6.45, 7) is 3.02. The summed E-state index contributed by atoms with van der Waals surface area (Å²) in [5.74, 6) is 0.891. The molecule has 3 aliphatic heterocycles. The second-order valence-corrected chi connectivity index (χ2v) is 8.82. The topological polar surface area (TPSA) is 82.0 Å². The van der Waals surface area contributed by atoms with Gasteiger partial charge >= 0.3 is 6.09 Å². The van der Waals surface area contributed by atoms with E-state index >= 15 is 0 Å². The highest BCUT2D eigenvalue weighted by Crippen LogP contribution is 2.36. The number of amides is 1. The number of nitrogens with zero attached hydrogens (tertiary/aromatic N) is 2. The van der Waals surface area contributed by atoms with E-state index in [4.69, 9.17) is 14.2 Å². The van der Waals surface area contributed by atoms with Gasteiger partial charge in [-0.25, -0.2) is 9.18 Å². The zero-order valence-corrected chi connectivity index (χ0v) is 18.5. The Morgan fingerprint density at radius 1 is 1.00 bits per heavy atom. The fourth-order valence-corrected chi connectivity index (χ4v) is 5.07. The Morgan fingerprint density at radius 2 is 1.82 bits per heavy atom. The lowest BCUT2D eigenvalue weighted by Gasteiger charge is -2.21. The number of anilines is 1. The molecule has 1 aromatic heterocycles. The Balaban J connectivity index is 1.06. The van der Waals surface area contributed by atoms with Crippen molar-refractivity contribution in [3.05, 3.63) is 64.2 Å². The van der Waals surface area contributed by atoms with Gasteiger partial charge in [-0.1, -0.05) is 0 Å². The molecule has 1 fully saturated rings. The third-order valence-corrected chi connectivity index (χ3v) is 6.69. The van der Waals surface area contributed by atoms with E-state index in [1.54, 1.807) is 33.7 Å². The second-order valence-electron chi connectivity index (χ2n) is 8.82. The van der Waals surface area contributed by atoms with E-state index in [1.165, 1.54) is 12.1 Å². The smallest absolute Gasteiger partial charge is 0.414 e. The molecule has 1 N–H and O–H groups in total. The van der Waals surface area contributed by atoms with Crippen LogP contribution in [0.15, 0.2) is 47.3 Å². The van der Waals surface area contributed by atoms with Gasteiger partial charge in [0.15, 0.2) is 11.5 Å². The maximum absolute atomic E-state index is 14.6. The summed E-state index contributed by atoms with van der Waals surface area (Å²) in [5.41, 5.74) is 1.89. The minimum Gasteiger partial charge on any atom is -0.486 e. The van der Waals surface area contributed by atoms with Crippen LogP contribution < -0.4 is 25.2 Å². The number of cyclic esters (lactones) is 1. The van der Waals surface area contributed by atoms with Crippen LogP contribution in [-0.4, -0.2) is 49.6 Å². The van der Waals surface area contributed by atoms with E-state index < -0.39 is 0 Å². The van der Waals surface area contributed by atoms with Crippen LogP contribution in [0.3, 0.4) is 0 Å². The average molecular weight is 465 g/mol. The summed E-state index contributed by atoms with van der Waals surface area (Å²) in [4.78, 5) is 26.3. The van der Waals surface area contributed by atoms with E-state index in [-0.39, 0.29) is 29.5 Å². The Labute approximate surface area is 194 Å². The van der Waals surface area contributed by atoms with Crippen molar-refractivity contribution >= 4 is 22.7 Å². The molecule has 0 saturated carbocycles. The number of nitrogens with one attached hydrogen (secondary N) is 1. The van der Waals surface area contributed by atoms with Crippen LogP contribution in [0, 0.1) is 5.82 Å². The molecule has 0 radical (unpaired) electrons. The molecule has 34 heavy (non-hydrogen) atoms. The van der Waals surface area contributed by atoms with Gasteiger partial charge in [-0.05, 0) is 48.7 Å². The van der Waals surface area contributed by atoms with Gasteiger partial charge in [0.25, 0.3) is 5.56 Å². The fraction of sp³-hybridized carbons (Fsp3) is 0.360. The van der Waals surface area contributed by atoms with Crippen LogP contribution >= 0.6 is 0 Å². The number of ether oxygens (including phenoxy) is 3. The first-order chi connectivity index (χ1) is 16.6. The predicted octanol–water partition coefficient (Wildman–Crippen LogP) is 3.01. The summed E-state index contributed by atoms with van der Waals surface area (Å²) in [7, 11) is 0. The number of pyridine rings is 1. The Bertz CT molecular complexity index is 1340. The maximum Gasteiger partial charge on any atom is 0.414 e. The number of hydrogen-bond acceptors (Lipinski definition) is 6. The van der Waals surface area contributed by atoms with Gasteiger partial charge in [-0.15, -0.1) is 0 Å². The lowest BCUT2D eigenvalue weighted by Crippen LogP contribution is -2.28. The lowest BCUT2D eigenvalue weighted by atomic mass is 9.99. The van der Waals surface area contributed by atoms with E-state index in [0.29, 0.717) is 74.1 Å². The molecule has 2 aromatic carbocycles. The average Bonchev–Trinajstić information content (AvgIpc) is 3.42. The van der Waals surface area contributed by atoms with Crippen LogP contribution in [0.1, 0.15) is 17.9 Å². The monoisotopic (exact) mass is 465 g/mol. The molecule has 9 heteroatoms. The second kappa shape index (κ2) is 8.32. The molecule has 0 spiro atoms. The maximum atomic E-state index is 14.6. The molecule has 1 amide bonds. The molecular formula is C25H24FN3O5. The highest BCUT2D eigenvalue weighted by Gasteiger charge is 2.33. The number of hydrogen-bond donors (Lipinski definition) is 1. The van der Waals surface area contributed by atoms with Crippen LogP contribution in [0.25, 0.3) is 10.9 Å². The number of carbonyl (C=O) groups excluding carboxylic acids is 1. The van der Waals surface area contributed by atoms with Crippen molar-refractivity contribution in [2.75, 3.05) is 37.7 Å². The zero-order chi connectivity index (χ0) is 23.2. The number of carbonyl (C=O) groups is 1. The SMILES string of the molecule is O=C1O[C@H](CCNCC2Cn3c(=O)ccc4ccc(F)c2c43)CN1c1ccc2c(c1)OCCO2. The highest BCUT2D eigenvalue weighted by atomic mass is 19.1. The van der Waals surface area contributed by atoms with Gasteiger partial charge in [0.05, 0.1) is 17.7 Å². The molecule has 6 rings (SSSR count). The largest absolute Gasteiger partial charge is 0.486 e. The van der Waals surface area contributed by atoms with Crippen molar-refractivity contribution in [2.45, 2.75) is 25.0 Å². The minimum atomic E-state index is -0.388. The first-order valence-corrected chi connectivity index (χ1v) is 11.5. The van der Waals surface area contributed by atoms with Gasteiger partial charge in [-0.2, -0.15) is 0 Å². The normalized spacial score (nSPS) is 20.7. The van der Waals surface area contributed by atoms with Gasteiger partial charge in [0, 0.05) is 36.7 Å². The number of benzene rings is 2. The summed E-state index contributed by atoms with van der Waals surface area (Å²) in [5, 5.41) is 4.23. The van der Waals surface area contributed by atoms with Crippen LogP contribution in [0.4, 0.5) is 14.9 Å². The number of aromatic nitrogens is 1. The third kappa shape index (κ3) is 3.56. The van der Waals surface area contributed by atoms with Crippen LogP contribution in [0.5, 0.6) is 11.5 Å². The third-order valence-electron chi connectivity index (χ3n) is 6.69. The van der Waals surface area contributed by atoms with E-state index in [1.807, 2.05) is 6.07 Å². The number of rotatable bonds is 6. The van der Waals surface area contributed by atoms with Crippen molar-refractivity contribution in [1.82, 2.24) is 9.88 Å². The summed E-state index contributed by atoms with van der Waals surface area (Å²) in [6, 6.07) is 11.9. The van der Waals surface area contributed by atoms with Crippen molar-refractivity contribution in [2.24, 2.45) is 0 Å². The van der Waals surface area contributed by atoms with Crippen molar-refractivity contribution in [3.8, 4) is 11.5 Å². The molecule has 0 aliphatic carbocycles. The summed E-state index contributed by atoms with van der Waals surface area (Å²) in [6.07, 6.45) is -0.0168. The molecule has 3 aromatic rings. The Kier molecular flexibility index (Phi) is 5.13. The Hall–Kier alpha value is -3.59. The zero-order valence-electron chi connectivity index (χ0n) is 18.5. The number of fused-ring (bicyclic) bond motifs is 1. The molecule has 176 valence electrons. The van der Waals surface area contributed by atoms with Gasteiger partial charge < -0.3 is 24.1 Å². The van der Waals surface area contributed by atoms with Crippen LogP contribution in [-0.2, 0) is 11.3 Å². The first-order valence-electron chi connectivity index (χ1n) is 11.5. The van der Waals surface area contributed by atoms with E-state index in [9.17, 15) is 14.0 Å². The molecule has 8 nitrogen and oxygen atoms in total.